The average Bonchev–Trinajstić information content (AvgIpc) is 2.77. The summed E-state index contributed by atoms with van der Waals surface area (Å²) < 4.78 is 0. The van der Waals surface area contributed by atoms with Crippen molar-refractivity contribution in [1.29, 1.82) is 0 Å². The first-order valence-electron chi connectivity index (χ1n) is 9.77. The zero-order chi connectivity index (χ0) is 20.1. The molecule has 1 saturated heterocycles. The van der Waals surface area contributed by atoms with Gasteiger partial charge in [0.1, 0.15) is 0 Å². The van der Waals surface area contributed by atoms with Gasteiger partial charge in [0.25, 0.3) is 5.91 Å². The molecule has 1 fully saturated rings. The lowest BCUT2D eigenvalue weighted by molar-refractivity contribution is 0.102. The van der Waals surface area contributed by atoms with Gasteiger partial charge in [-0.2, -0.15) is 0 Å². The van der Waals surface area contributed by atoms with Crippen LogP contribution in [0.25, 0.3) is 0 Å². The number of pyridine rings is 1. The fourth-order valence-corrected chi connectivity index (χ4v) is 3.59. The number of aromatic hydroxyl groups is 1. The van der Waals surface area contributed by atoms with Crippen LogP contribution in [0, 0.1) is 5.92 Å². The lowest BCUT2D eigenvalue weighted by Crippen LogP contribution is -2.35. The molecule has 1 aromatic carbocycles. The number of benzene rings is 1. The summed E-state index contributed by atoms with van der Waals surface area (Å²) in [6.07, 6.45) is 4.82. The van der Waals surface area contributed by atoms with Gasteiger partial charge < -0.3 is 15.3 Å². The minimum atomic E-state index is -0.459. The molecular formula is C22H23N5O2. The molecule has 3 aromatic rings. The van der Waals surface area contributed by atoms with E-state index in [-0.39, 0.29) is 17.3 Å². The molecule has 0 aliphatic carbocycles. The summed E-state index contributed by atoms with van der Waals surface area (Å²) in [5.41, 5.74) is 1.57. The van der Waals surface area contributed by atoms with Crippen molar-refractivity contribution in [1.82, 2.24) is 15.2 Å². The quantitative estimate of drug-likeness (QED) is 0.696. The Balaban J connectivity index is 1.33. The van der Waals surface area contributed by atoms with E-state index in [1.54, 1.807) is 12.1 Å². The van der Waals surface area contributed by atoms with Crippen LogP contribution in [-0.4, -0.2) is 39.3 Å². The molecule has 29 heavy (non-hydrogen) atoms. The number of amides is 1. The SMILES string of the molecule is O=C(Nc1ncccc1O)c1ccc(N2CCC(Cc3ccccc3)CC2)nn1. The molecule has 7 heteroatoms. The van der Waals surface area contributed by atoms with Gasteiger partial charge in [0, 0.05) is 19.3 Å². The highest BCUT2D eigenvalue weighted by atomic mass is 16.3. The summed E-state index contributed by atoms with van der Waals surface area (Å²) in [5, 5.41) is 20.5. The largest absolute Gasteiger partial charge is 0.504 e. The summed E-state index contributed by atoms with van der Waals surface area (Å²) >= 11 is 0. The smallest absolute Gasteiger partial charge is 0.277 e. The second-order valence-electron chi connectivity index (χ2n) is 7.22. The zero-order valence-corrected chi connectivity index (χ0v) is 16.0. The molecule has 3 heterocycles. The van der Waals surface area contributed by atoms with Gasteiger partial charge in [0.05, 0.1) is 0 Å². The molecule has 148 valence electrons. The number of rotatable bonds is 5. The highest BCUT2D eigenvalue weighted by Gasteiger charge is 2.21. The molecule has 0 atom stereocenters. The first-order chi connectivity index (χ1) is 14.2. The van der Waals surface area contributed by atoms with Gasteiger partial charge in [-0.15, -0.1) is 10.2 Å². The molecule has 1 amide bonds. The molecule has 2 aromatic heterocycles. The number of hydrogen-bond donors (Lipinski definition) is 2. The Morgan fingerprint density at radius 3 is 2.52 bits per heavy atom. The lowest BCUT2D eigenvalue weighted by Gasteiger charge is -2.32. The predicted molar refractivity (Wildman–Crippen MR) is 111 cm³/mol. The summed E-state index contributed by atoms with van der Waals surface area (Å²) in [6.45, 7) is 1.86. The van der Waals surface area contributed by atoms with Crippen molar-refractivity contribution in [3.05, 3.63) is 72.1 Å². The maximum atomic E-state index is 12.3. The molecule has 1 aliphatic heterocycles. The molecule has 4 rings (SSSR count). The van der Waals surface area contributed by atoms with Gasteiger partial charge in [0.2, 0.25) is 0 Å². The van der Waals surface area contributed by atoms with Crippen molar-refractivity contribution >= 4 is 17.5 Å². The molecule has 7 nitrogen and oxygen atoms in total. The lowest BCUT2D eigenvalue weighted by atomic mass is 9.90. The van der Waals surface area contributed by atoms with Crippen LogP contribution < -0.4 is 10.2 Å². The van der Waals surface area contributed by atoms with Crippen molar-refractivity contribution < 1.29 is 9.90 Å². The second kappa shape index (κ2) is 8.68. The summed E-state index contributed by atoms with van der Waals surface area (Å²) in [4.78, 5) is 18.4. The van der Waals surface area contributed by atoms with E-state index < -0.39 is 5.91 Å². The van der Waals surface area contributed by atoms with Crippen molar-refractivity contribution in [2.75, 3.05) is 23.3 Å². The van der Waals surface area contributed by atoms with E-state index in [1.807, 2.05) is 12.1 Å². The van der Waals surface area contributed by atoms with Crippen LogP contribution in [0.1, 0.15) is 28.9 Å². The Morgan fingerprint density at radius 2 is 1.83 bits per heavy atom. The molecule has 0 unspecified atom stereocenters. The topological polar surface area (TPSA) is 91.2 Å². The Kier molecular flexibility index (Phi) is 5.65. The Bertz CT molecular complexity index is 954. The van der Waals surface area contributed by atoms with Gasteiger partial charge in [0.15, 0.2) is 23.1 Å². The van der Waals surface area contributed by atoms with Crippen LogP contribution in [0.5, 0.6) is 5.75 Å². The van der Waals surface area contributed by atoms with Gasteiger partial charge in [-0.1, -0.05) is 30.3 Å². The Labute approximate surface area is 169 Å². The van der Waals surface area contributed by atoms with Crippen molar-refractivity contribution in [3.8, 4) is 5.75 Å². The maximum absolute atomic E-state index is 12.3. The van der Waals surface area contributed by atoms with E-state index in [0.29, 0.717) is 5.92 Å². The molecule has 1 aliphatic rings. The van der Waals surface area contributed by atoms with E-state index in [0.717, 1.165) is 38.2 Å². The van der Waals surface area contributed by atoms with E-state index in [1.165, 1.54) is 17.8 Å². The van der Waals surface area contributed by atoms with Crippen molar-refractivity contribution in [3.63, 3.8) is 0 Å². The molecular weight excluding hydrogens is 366 g/mol. The van der Waals surface area contributed by atoms with Crippen LogP contribution in [0.15, 0.2) is 60.8 Å². The van der Waals surface area contributed by atoms with Crippen molar-refractivity contribution in [2.45, 2.75) is 19.3 Å². The summed E-state index contributed by atoms with van der Waals surface area (Å²) in [6, 6.07) is 17.1. The number of carbonyl (C=O) groups excluding carboxylic acids is 1. The van der Waals surface area contributed by atoms with Gasteiger partial charge in [-0.25, -0.2) is 4.98 Å². The standard InChI is InChI=1S/C22H23N5O2/c28-19-7-4-12-23-21(19)24-22(29)18-8-9-20(26-25-18)27-13-10-17(11-14-27)15-16-5-2-1-3-6-16/h1-9,12,17,28H,10-11,13-15H2,(H,23,24,29). The summed E-state index contributed by atoms with van der Waals surface area (Å²) in [7, 11) is 0. The highest BCUT2D eigenvalue weighted by Crippen LogP contribution is 2.25. The van der Waals surface area contributed by atoms with Crippen molar-refractivity contribution in [2.24, 2.45) is 5.92 Å². The van der Waals surface area contributed by atoms with E-state index >= 15 is 0 Å². The number of anilines is 2. The molecule has 0 radical (unpaired) electrons. The number of aromatic nitrogens is 3. The summed E-state index contributed by atoms with van der Waals surface area (Å²) in [5.74, 6) is 1.00. The Hall–Kier alpha value is -3.48. The van der Waals surface area contributed by atoms with E-state index in [2.05, 4.69) is 49.7 Å². The predicted octanol–water partition coefficient (Wildman–Crippen LogP) is 3.29. The number of nitrogens with zero attached hydrogens (tertiary/aromatic N) is 4. The molecule has 0 bridgehead atoms. The number of hydrogen-bond acceptors (Lipinski definition) is 6. The zero-order valence-electron chi connectivity index (χ0n) is 16.0. The van der Waals surface area contributed by atoms with E-state index in [4.69, 9.17) is 0 Å². The van der Waals surface area contributed by atoms with Crippen LogP contribution in [0.4, 0.5) is 11.6 Å². The number of carbonyl (C=O) groups is 1. The van der Waals surface area contributed by atoms with Crippen LogP contribution in [0.2, 0.25) is 0 Å². The van der Waals surface area contributed by atoms with Crippen LogP contribution in [-0.2, 0) is 6.42 Å². The fourth-order valence-electron chi connectivity index (χ4n) is 3.59. The molecule has 2 N–H and O–H groups in total. The first-order valence-corrected chi connectivity index (χ1v) is 9.77. The minimum absolute atomic E-state index is 0.0937. The molecule has 0 saturated carbocycles. The van der Waals surface area contributed by atoms with Gasteiger partial charge in [-0.05, 0) is 55.0 Å². The third kappa shape index (κ3) is 4.68. The molecule has 0 spiro atoms. The third-order valence-electron chi connectivity index (χ3n) is 5.21. The Morgan fingerprint density at radius 1 is 1.03 bits per heavy atom. The van der Waals surface area contributed by atoms with Gasteiger partial charge in [-0.3, -0.25) is 4.79 Å². The second-order valence-corrected chi connectivity index (χ2v) is 7.22. The number of piperidine rings is 1. The van der Waals surface area contributed by atoms with Crippen LogP contribution >= 0.6 is 0 Å². The maximum Gasteiger partial charge on any atom is 0.277 e. The van der Waals surface area contributed by atoms with Crippen LogP contribution in [0.3, 0.4) is 0 Å². The van der Waals surface area contributed by atoms with Gasteiger partial charge >= 0.3 is 0 Å². The monoisotopic (exact) mass is 389 g/mol. The fraction of sp³-hybridized carbons (Fsp3) is 0.273. The third-order valence-corrected chi connectivity index (χ3v) is 5.21. The minimum Gasteiger partial charge on any atom is -0.504 e. The number of nitrogens with one attached hydrogen (secondary N) is 1. The highest BCUT2D eigenvalue weighted by molar-refractivity contribution is 6.02. The normalized spacial score (nSPS) is 14.6. The first kappa shape index (κ1) is 18.9. The van der Waals surface area contributed by atoms with E-state index in [9.17, 15) is 9.90 Å². The average molecular weight is 389 g/mol.